The van der Waals surface area contributed by atoms with Crippen molar-refractivity contribution in [3.8, 4) is 11.5 Å². The van der Waals surface area contributed by atoms with Gasteiger partial charge in [0.25, 0.3) is 0 Å². The largest absolute Gasteiger partial charge is 0.485 e. The molecule has 1 N–H and O–H groups in total. The number of rotatable bonds is 25. The molecule has 10 nitrogen and oxygen atoms in total. The summed E-state index contributed by atoms with van der Waals surface area (Å²) in [5.74, 6) is 0.605. The van der Waals surface area contributed by atoms with E-state index in [0.29, 0.717) is 53.4 Å². The Morgan fingerprint density at radius 1 is 0.400 bits per heavy atom. The Hall–Kier alpha value is -6.09. The van der Waals surface area contributed by atoms with Crippen LogP contribution >= 0.6 is 15.2 Å². The van der Waals surface area contributed by atoms with E-state index in [9.17, 15) is 4.79 Å². The molecule has 7 rings (SSSR count). The molecule has 65 heavy (non-hydrogen) atoms. The van der Waals surface area contributed by atoms with Crippen molar-refractivity contribution in [3.05, 3.63) is 239 Å². The lowest BCUT2D eigenvalue weighted by molar-refractivity contribution is -0.121. The van der Waals surface area contributed by atoms with Crippen LogP contribution in [0.1, 0.15) is 45.4 Å². The fraction of sp³-hybridized carbons (Fsp3) is 0.189. The molecule has 0 aromatic heterocycles. The minimum Gasteiger partial charge on any atom is -0.485 e. The average Bonchev–Trinajstić information content (AvgIpc) is 3.36. The highest BCUT2D eigenvalue weighted by molar-refractivity contribution is 7.72. The minimum atomic E-state index is -4.55. The standard InChI is InChI=1S/C53H53NO9P2/c55-52(54-34-33-43-31-32-50(58-37-44-19-7-1-8-20-44)51(35-43)59-38-45-21-9-2-10-22-45)36-53(64(56,60-39-46-23-11-3-12-24-46)61-40-47-25-13-4-14-26-47)65(57,62-41-48-27-15-5-16-28-48)63-42-49-29-17-6-18-30-49/h1-32,35,53H,33-34,36-42H2,(H,54,55). The quantitative estimate of drug-likeness (QED) is 0.0559. The summed E-state index contributed by atoms with van der Waals surface area (Å²) in [7, 11) is -9.09. The summed E-state index contributed by atoms with van der Waals surface area (Å²) in [5.41, 5.74) is 5.71. The molecule has 7 aromatic rings. The third kappa shape index (κ3) is 14.7. The van der Waals surface area contributed by atoms with Crippen LogP contribution in [0.15, 0.2) is 200 Å². The third-order valence-corrected chi connectivity index (χ3v) is 15.8. The lowest BCUT2D eigenvalue weighted by Crippen LogP contribution is -2.30. The molecule has 0 radical (unpaired) electrons. The first-order valence-electron chi connectivity index (χ1n) is 21.5. The molecule has 0 atom stereocenters. The van der Waals surface area contributed by atoms with Gasteiger partial charge < -0.3 is 32.9 Å². The fourth-order valence-corrected chi connectivity index (χ4v) is 11.9. The van der Waals surface area contributed by atoms with E-state index in [0.717, 1.165) is 16.7 Å². The summed E-state index contributed by atoms with van der Waals surface area (Å²) in [6, 6.07) is 62.1. The Balaban J connectivity index is 1.14. The van der Waals surface area contributed by atoms with Gasteiger partial charge in [0, 0.05) is 6.54 Å². The maximum absolute atomic E-state index is 15.6. The molecule has 0 heterocycles. The van der Waals surface area contributed by atoms with Gasteiger partial charge in [0.05, 0.1) is 32.8 Å². The Morgan fingerprint density at radius 3 is 1.08 bits per heavy atom. The molecule has 0 aliphatic heterocycles. The van der Waals surface area contributed by atoms with Crippen molar-refractivity contribution in [2.75, 3.05) is 6.54 Å². The van der Waals surface area contributed by atoms with Gasteiger partial charge in [-0.1, -0.05) is 188 Å². The number of amides is 1. The van der Waals surface area contributed by atoms with E-state index < -0.39 is 32.9 Å². The van der Waals surface area contributed by atoms with E-state index in [-0.39, 0.29) is 33.0 Å². The third-order valence-electron chi connectivity index (χ3n) is 10.3. The Labute approximate surface area is 381 Å². The summed E-state index contributed by atoms with van der Waals surface area (Å²) >= 11 is 0. The maximum atomic E-state index is 15.6. The monoisotopic (exact) mass is 909 g/mol. The molecule has 0 bridgehead atoms. The van der Waals surface area contributed by atoms with Gasteiger partial charge in [0.15, 0.2) is 16.9 Å². The smallest absolute Gasteiger partial charge is 0.347 e. The topological polar surface area (TPSA) is 119 Å². The predicted molar refractivity (Wildman–Crippen MR) is 253 cm³/mol. The zero-order valence-corrected chi connectivity index (χ0v) is 37.9. The number of nitrogens with one attached hydrogen (secondary N) is 1. The van der Waals surface area contributed by atoms with Crippen LogP contribution in [0.2, 0.25) is 0 Å². The molecule has 0 saturated heterocycles. The molecule has 0 spiro atoms. The van der Waals surface area contributed by atoms with E-state index in [1.54, 1.807) is 0 Å². The van der Waals surface area contributed by atoms with Crippen molar-refractivity contribution in [2.24, 2.45) is 0 Å². The molecule has 12 heteroatoms. The van der Waals surface area contributed by atoms with Gasteiger partial charge >= 0.3 is 15.2 Å². The molecule has 334 valence electrons. The molecule has 0 saturated carbocycles. The first kappa shape index (κ1) is 46.9. The highest BCUT2D eigenvalue weighted by Gasteiger charge is 2.52. The molecule has 0 fully saturated rings. The second-order valence-electron chi connectivity index (χ2n) is 15.2. The van der Waals surface area contributed by atoms with Crippen LogP contribution in [0, 0.1) is 0 Å². The second kappa shape index (κ2) is 24.3. The van der Waals surface area contributed by atoms with E-state index in [4.69, 9.17) is 27.6 Å². The zero-order chi connectivity index (χ0) is 45.0. The number of ether oxygens (including phenoxy) is 2. The normalized spacial score (nSPS) is 11.6. The minimum absolute atomic E-state index is 0.151. The molecule has 0 aliphatic rings. The van der Waals surface area contributed by atoms with Crippen molar-refractivity contribution in [1.82, 2.24) is 5.32 Å². The van der Waals surface area contributed by atoms with Crippen LogP contribution in [0.25, 0.3) is 0 Å². The Bertz CT molecular complexity index is 2390. The molecule has 0 aliphatic carbocycles. The number of carbonyl (C=O) groups excluding carboxylic acids is 1. The summed E-state index contributed by atoms with van der Waals surface area (Å²) < 4.78 is 68.6. The fourth-order valence-electron chi connectivity index (χ4n) is 6.77. The van der Waals surface area contributed by atoms with Gasteiger partial charge in [-0.15, -0.1) is 0 Å². The average molecular weight is 910 g/mol. The van der Waals surface area contributed by atoms with E-state index in [2.05, 4.69) is 5.32 Å². The maximum Gasteiger partial charge on any atom is 0.347 e. The lowest BCUT2D eigenvalue weighted by Gasteiger charge is -2.32. The van der Waals surface area contributed by atoms with E-state index >= 15 is 9.13 Å². The van der Waals surface area contributed by atoms with E-state index in [1.807, 2.05) is 200 Å². The second-order valence-corrected chi connectivity index (χ2v) is 20.1. The van der Waals surface area contributed by atoms with Crippen molar-refractivity contribution in [1.29, 1.82) is 0 Å². The van der Waals surface area contributed by atoms with Gasteiger partial charge in [-0.05, 0) is 57.5 Å². The summed E-state index contributed by atoms with van der Waals surface area (Å²) in [4.78, 5) is 14.2. The number of benzene rings is 7. The van der Waals surface area contributed by atoms with Gasteiger partial charge in [0.1, 0.15) is 13.2 Å². The highest BCUT2D eigenvalue weighted by Crippen LogP contribution is 2.72. The summed E-state index contributed by atoms with van der Waals surface area (Å²) in [6.07, 6.45) is -0.143. The molecular weight excluding hydrogens is 857 g/mol. The Kier molecular flexibility index (Phi) is 17.5. The van der Waals surface area contributed by atoms with Crippen molar-refractivity contribution in [2.45, 2.75) is 57.9 Å². The van der Waals surface area contributed by atoms with Crippen molar-refractivity contribution >= 4 is 21.1 Å². The Morgan fingerprint density at radius 2 is 0.723 bits per heavy atom. The molecule has 7 aromatic carbocycles. The van der Waals surface area contributed by atoms with Crippen LogP contribution in [0.3, 0.4) is 0 Å². The SMILES string of the molecule is O=C(CC(P(=O)(OCc1ccccc1)OCc1ccccc1)P(=O)(OCc1ccccc1)OCc1ccccc1)NCCc1ccc(OCc2ccccc2)c(OCc2ccccc2)c1. The van der Waals surface area contributed by atoms with Crippen LogP contribution in [0.4, 0.5) is 0 Å². The number of carbonyl (C=O) groups is 1. The van der Waals surface area contributed by atoms with Crippen LogP contribution < -0.4 is 14.8 Å². The molecular formula is C53H53NO9P2. The summed E-state index contributed by atoms with van der Waals surface area (Å²) in [6.45, 7) is 0.283. The van der Waals surface area contributed by atoms with Gasteiger partial charge in [-0.25, -0.2) is 0 Å². The number of hydrogen-bond donors (Lipinski definition) is 1. The van der Waals surface area contributed by atoms with Crippen LogP contribution in [-0.2, 0) is 78.1 Å². The summed E-state index contributed by atoms with van der Waals surface area (Å²) in [5, 5.41) is 1.31. The van der Waals surface area contributed by atoms with Gasteiger partial charge in [-0.3, -0.25) is 13.9 Å². The van der Waals surface area contributed by atoms with E-state index in [1.165, 1.54) is 0 Å². The first-order chi connectivity index (χ1) is 31.8. The van der Waals surface area contributed by atoms with Crippen molar-refractivity contribution in [3.63, 3.8) is 0 Å². The first-order valence-corrected chi connectivity index (χ1v) is 24.7. The van der Waals surface area contributed by atoms with Crippen LogP contribution in [-0.4, -0.2) is 17.9 Å². The van der Waals surface area contributed by atoms with Gasteiger partial charge in [0.2, 0.25) is 5.91 Å². The van der Waals surface area contributed by atoms with Gasteiger partial charge in [-0.2, -0.15) is 0 Å². The highest BCUT2D eigenvalue weighted by atomic mass is 31.2. The number of hydrogen-bond acceptors (Lipinski definition) is 9. The molecule has 0 unspecified atom stereocenters. The predicted octanol–water partition coefficient (Wildman–Crippen LogP) is 12.5. The molecule has 1 amide bonds. The zero-order valence-electron chi connectivity index (χ0n) is 36.1. The lowest BCUT2D eigenvalue weighted by atomic mass is 10.1. The van der Waals surface area contributed by atoms with Crippen molar-refractivity contribution < 1.29 is 41.5 Å². The van der Waals surface area contributed by atoms with Crippen LogP contribution in [0.5, 0.6) is 11.5 Å².